The Morgan fingerprint density at radius 3 is 2.73 bits per heavy atom. The normalized spacial score (nSPS) is 34.0. The van der Waals surface area contributed by atoms with Gasteiger partial charge in [0.05, 0.1) is 5.41 Å². The summed E-state index contributed by atoms with van der Waals surface area (Å²) in [6.07, 6.45) is 5.19. The highest BCUT2D eigenvalue weighted by atomic mass is 16.6. The molecule has 3 atom stereocenters. The first-order chi connectivity index (χ1) is 10.3. The van der Waals surface area contributed by atoms with E-state index in [0.29, 0.717) is 11.8 Å². The van der Waals surface area contributed by atoms with E-state index in [9.17, 15) is 4.79 Å². The highest BCUT2D eigenvalue weighted by Crippen LogP contribution is 2.56. The molecule has 2 nitrogen and oxygen atoms in total. The molecule has 2 fully saturated rings. The average molecular weight is 300 g/mol. The Kier molecular flexibility index (Phi) is 3.82. The Hall–Kier alpha value is -1.31. The van der Waals surface area contributed by atoms with Gasteiger partial charge in [-0.05, 0) is 63.0 Å². The van der Waals surface area contributed by atoms with Crippen LogP contribution in [-0.4, -0.2) is 11.6 Å². The van der Waals surface area contributed by atoms with Crippen LogP contribution in [0.4, 0.5) is 0 Å². The van der Waals surface area contributed by atoms with Crippen LogP contribution in [0.5, 0.6) is 0 Å². The molecule has 0 aromatic heterocycles. The molecule has 0 radical (unpaired) electrons. The molecule has 1 unspecified atom stereocenters. The fraction of sp³-hybridized carbons (Fsp3) is 0.650. The van der Waals surface area contributed by atoms with E-state index in [1.54, 1.807) is 0 Å². The standard InChI is InChI=1S/C20H28O2/c1-14(2)16-8-5-7-15(13-16)9-10-17-19(3)11-6-12-20(17,4)22-18(19)21/h5,7-8,13-14,17H,6,9-12H2,1-4H3/t17?,19-,20+/m1/s1. The van der Waals surface area contributed by atoms with Gasteiger partial charge in [-0.2, -0.15) is 0 Å². The van der Waals surface area contributed by atoms with Crippen LogP contribution < -0.4 is 0 Å². The first-order valence-electron chi connectivity index (χ1n) is 8.67. The van der Waals surface area contributed by atoms with Crippen molar-refractivity contribution in [2.45, 2.75) is 71.3 Å². The largest absolute Gasteiger partial charge is 0.459 e. The summed E-state index contributed by atoms with van der Waals surface area (Å²) in [6.45, 7) is 8.73. The van der Waals surface area contributed by atoms with Gasteiger partial charge in [-0.15, -0.1) is 0 Å². The number of esters is 1. The minimum atomic E-state index is -0.261. The Labute approximate surface area is 134 Å². The van der Waals surface area contributed by atoms with E-state index in [0.717, 1.165) is 32.1 Å². The Morgan fingerprint density at radius 1 is 1.27 bits per heavy atom. The summed E-state index contributed by atoms with van der Waals surface area (Å²) in [5.74, 6) is 0.947. The summed E-state index contributed by atoms with van der Waals surface area (Å²) in [7, 11) is 0. The summed E-state index contributed by atoms with van der Waals surface area (Å²) in [6, 6.07) is 8.89. The van der Waals surface area contributed by atoms with Gasteiger partial charge >= 0.3 is 5.97 Å². The number of ether oxygens (including phenoxy) is 1. The van der Waals surface area contributed by atoms with Crippen LogP contribution in [-0.2, 0) is 16.0 Å². The maximum absolute atomic E-state index is 12.3. The van der Waals surface area contributed by atoms with Crippen molar-refractivity contribution in [2.24, 2.45) is 11.3 Å². The number of hydrogen-bond acceptors (Lipinski definition) is 2. The van der Waals surface area contributed by atoms with Crippen LogP contribution in [0, 0.1) is 11.3 Å². The van der Waals surface area contributed by atoms with Crippen molar-refractivity contribution in [3.05, 3.63) is 35.4 Å². The van der Waals surface area contributed by atoms with Crippen LogP contribution in [0.3, 0.4) is 0 Å². The monoisotopic (exact) mass is 300 g/mol. The van der Waals surface area contributed by atoms with Crippen molar-refractivity contribution >= 4 is 5.97 Å². The van der Waals surface area contributed by atoms with Crippen LogP contribution in [0.2, 0.25) is 0 Å². The summed E-state index contributed by atoms with van der Waals surface area (Å²) >= 11 is 0. The molecule has 0 spiro atoms. The quantitative estimate of drug-likeness (QED) is 0.742. The molecular formula is C20H28O2. The van der Waals surface area contributed by atoms with Crippen LogP contribution in [0.1, 0.15) is 70.4 Å². The molecule has 1 aromatic rings. The number of carbonyl (C=O) groups excluding carboxylic acids is 1. The summed E-state index contributed by atoms with van der Waals surface area (Å²) in [5.41, 5.74) is 2.28. The molecule has 22 heavy (non-hydrogen) atoms. The predicted octanol–water partition coefficient (Wildman–Crippen LogP) is 4.86. The molecule has 1 aliphatic heterocycles. The second-order valence-electron chi connectivity index (χ2n) is 7.96. The van der Waals surface area contributed by atoms with E-state index in [-0.39, 0.29) is 17.0 Å². The van der Waals surface area contributed by atoms with Gasteiger partial charge in [0.15, 0.2) is 0 Å². The SMILES string of the molecule is CC(C)c1cccc(CCC2[C@@]3(C)CCC[C@]2(C)OC3=O)c1. The zero-order valence-corrected chi connectivity index (χ0v) is 14.3. The summed E-state index contributed by atoms with van der Waals surface area (Å²) in [4.78, 5) is 12.3. The van der Waals surface area contributed by atoms with Gasteiger partial charge in [0.25, 0.3) is 0 Å². The van der Waals surface area contributed by atoms with Gasteiger partial charge in [-0.1, -0.05) is 38.1 Å². The number of rotatable bonds is 4. The first-order valence-corrected chi connectivity index (χ1v) is 8.67. The second kappa shape index (κ2) is 5.40. The van der Waals surface area contributed by atoms with E-state index >= 15 is 0 Å². The van der Waals surface area contributed by atoms with Crippen LogP contribution >= 0.6 is 0 Å². The fourth-order valence-electron chi connectivity index (χ4n) is 4.57. The third-order valence-corrected chi connectivity index (χ3v) is 6.01. The zero-order valence-electron chi connectivity index (χ0n) is 14.3. The molecule has 3 rings (SSSR count). The Balaban J connectivity index is 1.76. The molecule has 2 aliphatic rings. The lowest BCUT2D eigenvalue weighted by atomic mass is 9.62. The van der Waals surface area contributed by atoms with E-state index in [1.165, 1.54) is 11.1 Å². The van der Waals surface area contributed by atoms with Crippen molar-refractivity contribution in [3.8, 4) is 0 Å². The van der Waals surface area contributed by atoms with E-state index < -0.39 is 0 Å². The number of hydrogen-bond donors (Lipinski definition) is 0. The number of aryl methyl sites for hydroxylation is 1. The van der Waals surface area contributed by atoms with Gasteiger partial charge in [0, 0.05) is 5.92 Å². The maximum Gasteiger partial charge on any atom is 0.312 e. The van der Waals surface area contributed by atoms with Gasteiger partial charge in [0.1, 0.15) is 5.60 Å². The highest BCUT2D eigenvalue weighted by Gasteiger charge is 2.61. The average Bonchev–Trinajstić information content (AvgIpc) is 2.56. The molecule has 0 N–H and O–H groups in total. The first kappa shape index (κ1) is 15.6. The van der Waals surface area contributed by atoms with Gasteiger partial charge < -0.3 is 4.74 Å². The van der Waals surface area contributed by atoms with Crippen LogP contribution in [0.15, 0.2) is 24.3 Å². The third kappa shape index (κ3) is 2.47. The van der Waals surface area contributed by atoms with Gasteiger partial charge in [-0.25, -0.2) is 0 Å². The number of carbonyl (C=O) groups is 1. The molecular weight excluding hydrogens is 272 g/mol. The van der Waals surface area contributed by atoms with Gasteiger partial charge in [0.2, 0.25) is 0 Å². The molecule has 2 heteroatoms. The topological polar surface area (TPSA) is 26.3 Å². The molecule has 1 aliphatic carbocycles. The van der Waals surface area contributed by atoms with E-state index in [4.69, 9.17) is 4.74 Å². The molecule has 0 amide bonds. The molecule has 1 heterocycles. The van der Waals surface area contributed by atoms with Crippen molar-refractivity contribution < 1.29 is 9.53 Å². The Bertz CT molecular complexity index is 577. The Morgan fingerprint density at radius 2 is 2.05 bits per heavy atom. The lowest BCUT2D eigenvalue weighted by Gasteiger charge is -2.39. The minimum absolute atomic E-state index is 0.0356. The second-order valence-corrected chi connectivity index (χ2v) is 7.96. The van der Waals surface area contributed by atoms with Crippen molar-refractivity contribution in [1.82, 2.24) is 0 Å². The lowest BCUT2D eigenvalue weighted by Crippen LogP contribution is -2.42. The number of fused-ring (bicyclic) bond motifs is 2. The number of benzene rings is 1. The van der Waals surface area contributed by atoms with Crippen molar-refractivity contribution in [1.29, 1.82) is 0 Å². The molecule has 1 aromatic carbocycles. The van der Waals surface area contributed by atoms with Crippen molar-refractivity contribution in [3.63, 3.8) is 0 Å². The summed E-state index contributed by atoms with van der Waals surface area (Å²) in [5, 5.41) is 0. The third-order valence-electron chi connectivity index (χ3n) is 6.01. The fourth-order valence-corrected chi connectivity index (χ4v) is 4.57. The van der Waals surface area contributed by atoms with Crippen molar-refractivity contribution in [2.75, 3.05) is 0 Å². The van der Waals surface area contributed by atoms with Crippen LogP contribution in [0.25, 0.3) is 0 Å². The molecule has 1 saturated carbocycles. The maximum atomic E-state index is 12.3. The summed E-state index contributed by atoms with van der Waals surface area (Å²) < 4.78 is 5.80. The van der Waals surface area contributed by atoms with Gasteiger partial charge in [-0.3, -0.25) is 4.79 Å². The predicted molar refractivity (Wildman–Crippen MR) is 88.8 cm³/mol. The molecule has 120 valence electrons. The van der Waals surface area contributed by atoms with E-state index in [1.807, 2.05) is 0 Å². The molecule has 2 bridgehead atoms. The van der Waals surface area contributed by atoms with E-state index in [2.05, 4.69) is 52.0 Å². The smallest absolute Gasteiger partial charge is 0.312 e. The minimum Gasteiger partial charge on any atom is -0.459 e. The lowest BCUT2D eigenvalue weighted by molar-refractivity contribution is -0.151. The highest BCUT2D eigenvalue weighted by molar-refractivity contribution is 5.80. The zero-order chi connectivity index (χ0) is 16.0. The molecule has 1 saturated heterocycles.